The molecule has 0 radical (unpaired) electrons. The molecule has 4 rings (SSSR count). The zero-order valence-corrected chi connectivity index (χ0v) is 15.9. The number of nitrogens with zero attached hydrogens (tertiary/aromatic N) is 3. The van der Waals surface area contributed by atoms with Crippen LogP contribution in [0.4, 0.5) is 0 Å². The van der Waals surface area contributed by atoms with E-state index < -0.39 is 10.0 Å². The Morgan fingerprint density at radius 1 is 1.07 bits per heavy atom. The van der Waals surface area contributed by atoms with Gasteiger partial charge in [-0.1, -0.05) is 48.0 Å². The lowest BCUT2D eigenvalue weighted by atomic mass is 9.96. The molecule has 1 unspecified atom stereocenters. The third kappa shape index (κ3) is 3.40. The fraction of sp³-hybridized carbons (Fsp3) is 0.300. The molecule has 2 heterocycles. The summed E-state index contributed by atoms with van der Waals surface area (Å²) in [5, 5.41) is 5.92. The van der Waals surface area contributed by atoms with E-state index in [0.29, 0.717) is 25.2 Å². The third-order valence-corrected chi connectivity index (χ3v) is 6.90. The number of hydrazone groups is 1. The number of piperidine rings is 1. The summed E-state index contributed by atoms with van der Waals surface area (Å²) in [4.78, 5) is 12.9. The number of aryl methyl sites for hydroxylation is 1. The number of hydrogen-bond donors (Lipinski definition) is 0. The number of carbonyl (C=O) groups is 1. The second kappa shape index (κ2) is 6.90. The number of carbonyl (C=O) groups excluding carboxylic acids is 1. The molecule has 1 amide bonds. The van der Waals surface area contributed by atoms with E-state index in [2.05, 4.69) is 5.10 Å². The van der Waals surface area contributed by atoms with Gasteiger partial charge >= 0.3 is 0 Å². The van der Waals surface area contributed by atoms with Crippen molar-refractivity contribution in [2.75, 3.05) is 13.1 Å². The first-order valence-corrected chi connectivity index (χ1v) is 10.4. The summed E-state index contributed by atoms with van der Waals surface area (Å²) in [7, 11) is -3.59. The van der Waals surface area contributed by atoms with Gasteiger partial charge in [0.25, 0.3) is 5.91 Å². The molecule has 1 fully saturated rings. The molecule has 2 aliphatic rings. The van der Waals surface area contributed by atoms with Gasteiger partial charge in [0.05, 0.1) is 29.6 Å². The minimum Gasteiger partial charge on any atom is -0.272 e. The van der Waals surface area contributed by atoms with Gasteiger partial charge in [0.15, 0.2) is 0 Å². The monoisotopic (exact) mass is 383 g/mol. The smallest absolute Gasteiger partial charge is 0.251 e. The van der Waals surface area contributed by atoms with Gasteiger partial charge in [-0.15, -0.1) is 0 Å². The van der Waals surface area contributed by atoms with Crippen LogP contribution in [0, 0.1) is 12.8 Å². The second-order valence-electron chi connectivity index (χ2n) is 6.97. The number of rotatable bonds is 4. The van der Waals surface area contributed by atoms with Gasteiger partial charge in [-0.05, 0) is 31.0 Å². The van der Waals surface area contributed by atoms with Crippen molar-refractivity contribution in [3.8, 4) is 0 Å². The SMILES string of the molecule is Cc1ccc(S(=O)(=O)N2CCC3C(=O)N(Cc4ccccc4)N=C3C2)cc1. The summed E-state index contributed by atoms with van der Waals surface area (Å²) in [5.41, 5.74) is 2.64. The first-order valence-electron chi connectivity index (χ1n) is 8.94. The molecule has 27 heavy (non-hydrogen) atoms. The van der Waals surface area contributed by atoms with Crippen LogP contribution in [0.1, 0.15) is 17.5 Å². The molecule has 2 aromatic carbocycles. The molecule has 0 aromatic heterocycles. The molecule has 140 valence electrons. The maximum absolute atomic E-state index is 12.9. The van der Waals surface area contributed by atoms with Gasteiger partial charge < -0.3 is 0 Å². The highest BCUT2D eigenvalue weighted by molar-refractivity contribution is 7.89. The summed E-state index contributed by atoms with van der Waals surface area (Å²) < 4.78 is 27.3. The maximum atomic E-state index is 12.9. The molecule has 0 saturated carbocycles. The lowest BCUT2D eigenvalue weighted by Gasteiger charge is -2.28. The van der Waals surface area contributed by atoms with E-state index in [-0.39, 0.29) is 23.3 Å². The minimum atomic E-state index is -3.59. The topological polar surface area (TPSA) is 70.1 Å². The Labute approximate surface area is 159 Å². The van der Waals surface area contributed by atoms with Crippen molar-refractivity contribution in [1.82, 2.24) is 9.31 Å². The maximum Gasteiger partial charge on any atom is 0.251 e. The van der Waals surface area contributed by atoms with E-state index >= 15 is 0 Å². The average molecular weight is 383 g/mol. The molecule has 0 aliphatic carbocycles. The minimum absolute atomic E-state index is 0.0405. The summed E-state index contributed by atoms with van der Waals surface area (Å²) in [5.74, 6) is -0.348. The lowest BCUT2D eigenvalue weighted by Crippen LogP contribution is -2.44. The Bertz CT molecular complexity index is 985. The van der Waals surface area contributed by atoms with Gasteiger partial charge in [-0.25, -0.2) is 13.4 Å². The van der Waals surface area contributed by atoms with E-state index in [4.69, 9.17) is 0 Å². The van der Waals surface area contributed by atoms with Crippen LogP contribution in [-0.2, 0) is 21.4 Å². The van der Waals surface area contributed by atoms with Crippen molar-refractivity contribution in [3.05, 3.63) is 65.7 Å². The highest BCUT2D eigenvalue weighted by atomic mass is 32.2. The Kier molecular flexibility index (Phi) is 4.57. The predicted octanol–water partition coefficient (Wildman–Crippen LogP) is 2.40. The van der Waals surface area contributed by atoms with Crippen LogP contribution in [0.25, 0.3) is 0 Å². The molecule has 7 heteroatoms. The highest BCUT2D eigenvalue weighted by Gasteiger charge is 2.42. The van der Waals surface area contributed by atoms with Gasteiger partial charge in [0.1, 0.15) is 0 Å². The normalized spacial score (nSPS) is 20.5. The van der Waals surface area contributed by atoms with Gasteiger partial charge in [0, 0.05) is 6.54 Å². The molecular formula is C20H21N3O3S. The number of hydrogen-bond acceptors (Lipinski definition) is 4. The van der Waals surface area contributed by atoms with Crippen LogP contribution >= 0.6 is 0 Å². The van der Waals surface area contributed by atoms with Crippen LogP contribution in [0.3, 0.4) is 0 Å². The number of benzene rings is 2. The third-order valence-electron chi connectivity index (χ3n) is 5.04. The fourth-order valence-corrected chi connectivity index (χ4v) is 4.92. The number of fused-ring (bicyclic) bond motifs is 1. The van der Waals surface area contributed by atoms with Crippen molar-refractivity contribution in [3.63, 3.8) is 0 Å². The van der Waals surface area contributed by atoms with Crippen LogP contribution in [0.2, 0.25) is 0 Å². The summed E-state index contributed by atoms with van der Waals surface area (Å²) >= 11 is 0. The van der Waals surface area contributed by atoms with Crippen LogP contribution in [0.15, 0.2) is 64.6 Å². The zero-order chi connectivity index (χ0) is 19.0. The van der Waals surface area contributed by atoms with E-state index in [1.807, 2.05) is 37.3 Å². The number of amides is 1. The molecule has 2 aliphatic heterocycles. The van der Waals surface area contributed by atoms with Crippen molar-refractivity contribution < 1.29 is 13.2 Å². The van der Waals surface area contributed by atoms with Crippen LogP contribution in [-0.4, -0.2) is 42.4 Å². The molecule has 1 atom stereocenters. The Hall–Kier alpha value is -2.51. The first kappa shape index (κ1) is 17.9. The van der Waals surface area contributed by atoms with Gasteiger partial charge in [-0.2, -0.15) is 9.41 Å². The lowest BCUT2D eigenvalue weighted by molar-refractivity contribution is -0.132. The predicted molar refractivity (Wildman–Crippen MR) is 102 cm³/mol. The van der Waals surface area contributed by atoms with Crippen molar-refractivity contribution in [1.29, 1.82) is 0 Å². The molecule has 6 nitrogen and oxygen atoms in total. The van der Waals surface area contributed by atoms with Crippen LogP contribution < -0.4 is 0 Å². The largest absolute Gasteiger partial charge is 0.272 e. The van der Waals surface area contributed by atoms with Gasteiger partial charge in [0.2, 0.25) is 10.0 Å². The second-order valence-corrected chi connectivity index (χ2v) is 8.90. The van der Waals surface area contributed by atoms with Gasteiger partial charge in [-0.3, -0.25) is 4.79 Å². The summed E-state index contributed by atoms with van der Waals surface area (Å²) in [6.45, 7) is 2.81. The molecule has 0 spiro atoms. The van der Waals surface area contributed by atoms with Crippen molar-refractivity contribution in [2.24, 2.45) is 11.0 Å². The highest BCUT2D eigenvalue weighted by Crippen LogP contribution is 2.28. The molecule has 0 bridgehead atoms. The molecule has 1 saturated heterocycles. The van der Waals surface area contributed by atoms with Crippen molar-refractivity contribution in [2.45, 2.75) is 24.8 Å². The zero-order valence-electron chi connectivity index (χ0n) is 15.1. The quantitative estimate of drug-likeness (QED) is 0.814. The van der Waals surface area contributed by atoms with E-state index in [9.17, 15) is 13.2 Å². The number of sulfonamides is 1. The molecular weight excluding hydrogens is 362 g/mol. The summed E-state index contributed by atoms with van der Waals surface area (Å²) in [6, 6.07) is 16.5. The molecule has 2 aromatic rings. The molecule has 0 N–H and O–H groups in total. The Morgan fingerprint density at radius 2 is 1.78 bits per heavy atom. The first-order chi connectivity index (χ1) is 12.9. The van der Waals surface area contributed by atoms with Crippen molar-refractivity contribution >= 4 is 21.6 Å². The Morgan fingerprint density at radius 3 is 2.48 bits per heavy atom. The van der Waals surface area contributed by atoms with E-state index in [1.54, 1.807) is 24.3 Å². The summed E-state index contributed by atoms with van der Waals surface area (Å²) in [6.07, 6.45) is 0.466. The standard InChI is InChI=1S/C20H21N3O3S/c1-15-7-9-17(10-8-15)27(25,26)22-12-11-18-19(14-22)21-23(20(18)24)13-16-5-3-2-4-6-16/h2-10,18H,11-14H2,1H3. The van der Waals surface area contributed by atoms with E-state index in [0.717, 1.165) is 11.1 Å². The van der Waals surface area contributed by atoms with E-state index in [1.165, 1.54) is 9.31 Å². The fourth-order valence-electron chi connectivity index (χ4n) is 3.50. The average Bonchev–Trinajstić information content (AvgIpc) is 2.98. The van der Waals surface area contributed by atoms with Crippen LogP contribution in [0.5, 0.6) is 0 Å². The Balaban J connectivity index is 1.54.